The van der Waals surface area contributed by atoms with Gasteiger partial charge in [0.15, 0.2) is 0 Å². The Morgan fingerprint density at radius 3 is 1.35 bits per heavy atom. The average molecular weight is 442 g/mol. The van der Waals surface area contributed by atoms with Crippen LogP contribution in [0.15, 0.2) is 84.9 Å². The summed E-state index contributed by atoms with van der Waals surface area (Å²) in [6, 6.07) is 26.4. The minimum absolute atomic E-state index is 0.110. The lowest BCUT2D eigenvalue weighted by atomic mass is 10.1. The van der Waals surface area contributed by atoms with Crippen molar-refractivity contribution in [2.45, 2.75) is 0 Å². The monoisotopic (exact) mass is 442 g/mol. The highest BCUT2D eigenvalue weighted by Crippen LogP contribution is 2.28. The van der Waals surface area contributed by atoms with Crippen LogP contribution >= 0.6 is 0 Å². The summed E-state index contributed by atoms with van der Waals surface area (Å²) in [6.45, 7) is 0. The van der Waals surface area contributed by atoms with Crippen LogP contribution in [0.5, 0.6) is 0 Å². The number of rotatable bonds is 3. The third-order valence-corrected chi connectivity index (χ3v) is 5.81. The van der Waals surface area contributed by atoms with E-state index in [1.165, 1.54) is 0 Å². The predicted octanol–water partition coefficient (Wildman–Crippen LogP) is 4.63. The summed E-state index contributed by atoms with van der Waals surface area (Å²) < 4.78 is 0. The molecule has 2 aliphatic heterocycles. The first-order valence-corrected chi connectivity index (χ1v) is 10.9. The highest BCUT2D eigenvalue weighted by molar-refractivity contribution is 6.12. The van der Waals surface area contributed by atoms with Crippen molar-refractivity contribution in [3.05, 3.63) is 119 Å². The Morgan fingerprint density at radius 1 is 0.500 bits per heavy atom. The number of amides is 2. The first kappa shape index (κ1) is 19.8. The quantitative estimate of drug-likeness (QED) is 0.485. The van der Waals surface area contributed by atoms with E-state index < -0.39 is 0 Å². The number of aromatic nitrogens is 2. The Labute approximate surface area is 195 Å². The van der Waals surface area contributed by atoms with Crippen molar-refractivity contribution in [1.29, 1.82) is 0 Å². The Hall–Kier alpha value is -4.84. The van der Waals surface area contributed by atoms with Crippen LogP contribution in [0, 0.1) is 0 Å². The first-order chi connectivity index (χ1) is 16.7. The van der Waals surface area contributed by atoms with Crippen molar-refractivity contribution in [3.8, 4) is 11.4 Å². The molecule has 0 fully saturated rings. The fourth-order valence-corrected chi connectivity index (χ4v) is 4.22. The molecule has 4 aromatic rings. The highest BCUT2D eigenvalue weighted by Gasteiger charge is 2.23. The number of fused-ring (bicyclic) bond motifs is 2. The van der Waals surface area contributed by atoms with E-state index in [1.807, 2.05) is 97.1 Å². The van der Waals surface area contributed by atoms with E-state index in [4.69, 9.17) is 9.97 Å². The molecule has 2 N–H and O–H groups in total. The summed E-state index contributed by atoms with van der Waals surface area (Å²) in [4.78, 5) is 33.9. The Balaban J connectivity index is 1.33. The van der Waals surface area contributed by atoms with E-state index in [0.29, 0.717) is 33.9 Å². The number of pyridine rings is 2. The van der Waals surface area contributed by atoms with Crippen molar-refractivity contribution in [2.24, 2.45) is 0 Å². The van der Waals surface area contributed by atoms with Gasteiger partial charge in [-0.15, -0.1) is 0 Å². The number of nitrogens with one attached hydrogen (secondary N) is 2. The van der Waals surface area contributed by atoms with Crippen molar-refractivity contribution in [2.75, 3.05) is 0 Å². The molecule has 2 aromatic carbocycles. The topological polar surface area (TPSA) is 84.0 Å². The molecule has 2 aliphatic rings. The molecule has 2 aromatic heterocycles. The Morgan fingerprint density at radius 2 is 0.912 bits per heavy atom. The molecular weight excluding hydrogens is 424 g/mol. The molecule has 0 aliphatic carbocycles. The van der Waals surface area contributed by atoms with Crippen LogP contribution in [0.2, 0.25) is 0 Å². The molecule has 6 rings (SSSR count). The minimum atomic E-state index is -0.110. The zero-order valence-corrected chi connectivity index (χ0v) is 17.9. The van der Waals surface area contributed by atoms with Crippen molar-refractivity contribution < 1.29 is 9.59 Å². The minimum Gasteiger partial charge on any atom is -0.321 e. The molecule has 0 atom stereocenters. The van der Waals surface area contributed by atoms with Gasteiger partial charge in [-0.05, 0) is 48.6 Å². The molecule has 2 amide bonds. The van der Waals surface area contributed by atoms with Gasteiger partial charge < -0.3 is 10.6 Å². The molecule has 0 bridgehead atoms. The SMILES string of the molecule is O=C1N/C(=C\c2cccc(-c3cccc(/C=C4\NC(=O)c5ccccc54)n3)n2)c2ccccc21. The summed E-state index contributed by atoms with van der Waals surface area (Å²) in [6.07, 6.45) is 3.73. The molecule has 0 unspecified atom stereocenters. The van der Waals surface area contributed by atoms with Gasteiger partial charge in [-0.3, -0.25) is 9.59 Å². The summed E-state index contributed by atoms with van der Waals surface area (Å²) in [5.41, 5.74) is 7.36. The van der Waals surface area contributed by atoms with E-state index in [1.54, 1.807) is 0 Å². The second kappa shape index (κ2) is 7.94. The predicted molar refractivity (Wildman–Crippen MR) is 131 cm³/mol. The average Bonchev–Trinajstić information content (AvgIpc) is 3.36. The molecule has 0 saturated carbocycles. The van der Waals surface area contributed by atoms with E-state index in [9.17, 15) is 9.59 Å². The second-order valence-corrected chi connectivity index (χ2v) is 8.01. The van der Waals surface area contributed by atoms with Gasteiger partial charge in [-0.1, -0.05) is 48.5 Å². The molecule has 4 heterocycles. The maximum atomic E-state index is 12.2. The zero-order valence-electron chi connectivity index (χ0n) is 17.9. The van der Waals surface area contributed by atoms with E-state index in [-0.39, 0.29) is 11.8 Å². The Bertz CT molecular complexity index is 1430. The van der Waals surface area contributed by atoms with Crippen LogP contribution in [0.3, 0.4) is 0 Å². The van der Waals surface area contributed by atoms with Gasteiger partial charge in [0.25, 0.3) is 11.8 Å². The third-order valence-electron chi connectivity index (χ3n) is 5.81. The number of hydrogen-bond acceptors (Lipinski definition) is 4. The molecule has 0 spiro atoms. The van der Waals surface area contributed by atoms with Crippen molar-refractivity contribution >= 4 is 35.4 Å². The van der Waals surface area contributed by atoms with Crippen LogP contribution in [0.4, 0.5) is 0 Å². The third kappa shape index (κ3) is 3.47. The van der Waals surface area contributed by atoms with Gasteiger partial charge >= 0.3 is 0 Å². The molecule has 0 saturated heterocycles. The summed E-state index contributed by atoms with van der Waals surface area (Å²) >= 11 is 0. The van der Waals surface area contributed by atoms with Crippen LogP contribution in [0.1, 0.15) is 43.2 Å². The van der Waals surface area contributed by atoms with Crippen LogP contribution in [-0.2, 0) is 0 Å². The zero-order chi connectivity index (χ0) is 23.1. The van der Waals surface area contributed by atoms with Gasteiger partial charge in [0.1, 0.15) is 0 Å². The lowest BCUT2D eigenvalue weighted by Gasteiger charge is -2.05. The Kier molecular flexibility index (Phi) is 4.63. The van der Waals surface area contributed by atoms with Crippen LogP contribution in [-0.4, -0.2) is 21.8 Å². The summed E-state index contributed by atoms with van der Waals surface area (Å²) in [5.74, 6) is -0.220. The number of carbonyl (C=O) groups is 2. The van der Waals surface area contributed by atoms with Crippen LogP contribution < -0.4 is 10.6 Å². The van der Waals surface area contributed by atoms with Gasteiger partial charge in [0.2, 0.25) is 0 Å². The normalized spacial score (nSPS) is 16.4. The molecule has 34 heavy (non-hydrogen) atoms. The number of hydrogen-bond donors (Lipinski definition) is 2. The highest BCUT2D eigenvalue weighted by atomic mass is 16.2. The van der Waals surface area contributed by atoms with Crippen LogP contribution in [0.25, 0.3) is 34.9 Å². The number of carbonyl (C=O) groups excluding carboxylic acids is 2. The lowest BCUT2D eigenvalue weighted by Crippen LogP contribution is -2.12. The number of nitrogens with zero attached hydrogens (tertiary/aromatic N) is 2. The second-order valence-electron chi connectivity index (χ2n) is 8.01. The lowest BCUT2D eigenvalue weighted by molar-refractivity contribution is 0.0972. The molecule has 0 radical (unpaired) electrons. The fourth-order valence-electron chi connectivity index (χ4n) is 4.22. The van der Waals surface area contributed by atoms with E-state index >= 15 is 0 Å². The van der Waals surface area contributed by atoms with E-state index in [2.05, 4.69) is 10.6 Å². The molecular formula is C28H18N4O2. The maximum Gasteiger partial charge on any atom is 0.256 e. The van der Waals surface area contributed by atoms with Crippen molar-refractivity contribution in [3.63, 3.8) is 0 Å². The first-order valence-electron chi connectivity index (χ1n) is 10.9. The van der Waals surface area contributed by atoms with Gasteiger partial charge in [0.05, 0.1) is 34.2 Å². The van der Waals surface area contributed by atoms with Gasteiger partial charge in [-0.2, -0.15) is 0 Å². The smallest absolute Gasteiger partial charge is 0.256 e. The van der Waals surface area contributed by atoms with Gasteiger partial charge in [0, 0.05) is 22.3 Å². The van der Waals surface area contributed by atoms with E-state index in [0.717, 1.165) is 22.5 Å². The maximum absolute atomic E-state index is 12.2. The largest absolute Gasteiger partial charge is 0.321 e. The summed E-state index contributed by atoms with van der Waals surface area (Å²) in [5, 5.41) is 5.83. The fraction of sp³-hybridized carbons (Fsp3) is 0. The van der Waals surface area contributed by atoms with Gasteiger partial charge in [-0.25, -0.2) is 9.97 Å². The molecule has 162 valence electrons. The summed E-state index contributed by atoms with van der Waals surface area (Å²) in [7, 11) is 0. The molecule has 6 nitrogen and oxygen atoms in total. The number of benzene rings is 2. The standard InChI is InChI=1S/C28H18N4O2/c33-27-21-11-3-1-9-19(21)25(31-27)15-17-7-5-13-23(29-17)24-14-6-8-18(30-24)16-26-20-10-2-4-12-22(20)28(34)32-26/h1-16H,(H,31,33)(H,32,34)/b25-15-,26-16-. The van der Waals surface area contributed by atoms with Crippen molar-refractivity contribution in [1.82, 2.24) is 20.6 Å². The molecule has 6 heteroatoms.